The molecule has 1 aliphatic carbocycles. The Morgan fingerprint density at radius 1 is 0.846 bits per heavy atom. The normalized spacial score (nSPS) is 32.3. The summed E-state index contributed by atoms with van der Waals surface area (Å²) in [6.07, 6.45) is 6.31. The van der Waals surface area contributed by atoms with E-state index in [2.05, 4.69) is 0 Å². The van der Waals surface area contributed by atoms with Crippen LogP contribution in [0.1, 0.15) is 38.5 Å². The van der Waals surface area contributed by atoms with Gasteiger partial charge < -0.3 is 0 Å². The smallest absolute Gasteiger partial charge is 0.123 e. The molecule has 0 bridgehead atoms. The number of hydrogen-bond donors (Lipinski definition) is 0. The van der Waals surface area contributed by atoms with Crippen LogP contribution in [0.4, 0.5) is 0 Å². The molecule has 0 saturated heterocycles. The maximum absolute atomic E-state index is 6.08. The Balaban J connectivity index is 2.46. The first-order valence-corrected chi connectivity index (χ1v) is 6.28. The third-order valence-corrected chi connectivity index (χ3v) is 3.97. The standard InChI is InChI=1S/C9H14Cl4/c10-8-4-2-1-3-7(5-6-8)9(11,12)13/h7-8H,1-6H2. The minimum Gasteiger partial charge on any atom is -0.123 e. The van der Waals surface area contributed by atoms with Crippen molar-refractivity contribution in [3.63, 3.8) is 0 Å². The second kappa shape index (κ2) is 5.30. The highest BCUT2D eigenvalue weighted by molar-refractivity contribution is 6.67. The quantitative estimate of drug-likeness (QED) is 0.544. The summed E-state index contributed by atoms with van der Waals surface area (Å²) < 4.78 is -1.10. The molecule has 0 aromatic heterocycles. The largest absolute Gasteiger partial charge is 0.193 e. The van der Waals surface area contributed by atoms with Crippen LogP contribution in [-0.2, 0) is 0 Å². The highest BCUT2D eigenvalue weighted by atomic mass is 35.6. The summed E-state index contributed by atoms with van der Waals surface area (Å²) >= 11 is 23.7. The topological polar surface area (TPSA) is 0 Å². The molecule has 0 aromatic rings. The minimum atomic E-state index is -1.10. The molecule has 0 nitrogen and oxygen atoms in total. The van der Waals surface area contributed by atoms with Gasteiger partial charge in [0.05, 0.1) is 0 Å². The van der Waals surface area contributed by atoms with E-state index in [1.54, 1.807) is 0 Å². The Morgan fingerprint density at radius 3 is 2.08 bits per heavy atom. The van der Waals surface area contributed by atoms with Crippen molar-refractivity contribution in [1.82, 2.24) is 0 Å². The van der Waals surface area contributed by atoms with Crippen LogP contribution >= 0.6 is 46.4 Å². The second-order valence-electron chi connectivity index (χ2n) is 3.70. The lowest BCUT2D eigenvalue weighted by Gasteiger charge is -2.27. The summed E-state index contributed by atoms with van der Waals surface area (Å²) in [6, 6.07) is 0. The maximum atomic E-state index is 6.08. The molecule has 13 heavy (non-hydrogen) atoms. The monoisotopic (exact) mass is 262 g/mol. The number of rotatable bonds is 0. The summed E-state index contributed by atoms with van der Waals surface area (Å²) in [5.74, 6) is 0.180. The fourth-order valence-corrected chi connectivity index (χ4v) is 2.69. The molecule has 1 rings (SSSR count). The van der Waals surface area contributed by atoms with E-state index < -0.39 is 3.79 Å². The van der Waals surface area contributed by atoms with Crippen molar-refractivity contribution in [1.29, 1.82) is 0 Å². The third-order valence-electron chi connectivity index (χ3n) is 2.61. The van der Waals surface area contributed by atoms with Gasteiger partial charge in [-0.15, -0.1) is 11.6 Å². The molecular weight excluding hydrogens is 250 g/mol. The second-order valence-corrected chi connectivity index (χ2v) is 6.68. The highest BCUT2D eigenvalue weighted by Crippen LogP contribution is 2.42. The molecule has 2 atom stereocenters. The summed E-state index contributed by atoms with van der Waals surface area (Å²) in [5.41, 5.74) is 0. The lowest BCUT2D eigenvalue weighted by Crippen LogP contribution is -2.22. The van der Waals surface area contributed by atoms with E-state index in [0.717, 1.165) is 38.5 Å². The lowest BCUT2D eigenvalue weighted by atomic mass is 9.92. The summed E-state index contributed by atoms with van der Waals surface area (Å²) in [5, 5.41) is 0.273. The lowest BCUT2D eigenvalue weighted by molar-refractivity contribution is 0.385. The predicted molar refractivity (Wildman–Crippen MR) is 61.1 cm³/mol. The number of alkyl halides is 4. The fraction of sp³-hybridized carbons (Fsp3) is 1.00. The SMILES string of the molecule is ClC1CCCCC(C(Cl)(Cl)Cl)CC1. The molecule has 1 fully saturated rings. The highest BCUT2D eigenvalue weighted by Gasteiger charge is 2.32. The van der Waals surface area contributed by atoms with Gasteiger partial charge in [0.2, 0.25) is 0 Å². The molecule has 1 saturated carbocycles. The third kappa shape index (κ3) is 4.46. The van der Waals surface area contributed by atoms with Gasteiger partial charge in [0.1, 0.15) is 0 Å². The first-order valence-electron chi connectivity index (χ1n) is 4.71. The van der Waals surface area contributed by atoms with E-state index in [1.165, 1.54) is 0 Å². The molecule has 1 aliphatic rings. The van der Waals surface area contributed by atoms with Crippen molar-refractivity contribution in [2.75, 3.05) is 0 Å². The van der Waals surface area contributed by atoms with E-state index in [9.17, 15) is 0 Å². The Kier molecular flexibility index (Phi) is 4.99. The Hall–Kier alpha value is 1.16. The van der Waals surface area contributed by atoms with Crippen LogP contribution in [-0.4, -0.2) is 9.17 Å². The molecule has 0 aliphatic heterocycles. The van der Waals surface area contributed by atoms with Crippen molar-refractivity contribution < 1.29 is 0 Å². The Morgan fingerprint density at radius 2 is 1.46 bits per heavy atom. The zero-order chi connectivity index (χ0) is 9.90. The van der Waals surface area contributed by atoms with E-state index in [1.807, 2.05) is 0 Å². The van der Waals surface area contributed by atoms with Gasteiger partial charge in [0.25, 0.3) is 0 Å². The van der Waals surface area contributed by atoms with E-state index in [4.69, 9.17) is 46.4 Å². The van der Waals surface area contributed by atoms with Gasteiger partial charge in [-0.1, -0.05) is 47.6 Å². The van der Waals surface area contributed by atoms with Crippen LogP contribution in [0, 0.1) is 5.92 Å². The van der Waals surface area contributed by atoms with Gasteiger partial charge >= 0.3 is 0 Å². The Bertz CT molecular complexity index is 152. The fourth-order valence-electron chi connectivity index (χ4n) is 1.75. The molecular formula is C9H14Cl4. The van der Waals surface area contributed by atoms with E-state index in [0.29, 0.717) is 0 Å². The van der Waals surface area contributed by atoms with Crippen molar-refractivity contribution in [3.8, 4) is 0 Å². The van der Waals surface area contributed by atoms with Crippen molar-refractivity contribution >= 4 is 46.4 Å². The van der Waals surface area contributed by atoms with Crippen LogP contribution in [0.5, 0.6) is 0 Å². The summed E-state index contributed by atoms with van der Waals surface area (Å²) in [7, 11) is 0. The average molecular weight is 264 g/mol. The van der Waals surface area contributed by atoms with Crippen LogP contribution in [0.2, 0.25) is 0 Å². The predicted octanol–water partition coefficient (Wildman–Crippen LogP) is 4.93. The molecule has 0 radical (unpaired) electrons. The van der Waals surface area contributed by atoms with Gasteiger partial charge in [-0.05, 0) is 25.7 Å². The number of hydrogen-bond acceptors (Lipinski definition) is 0. The Labute approximate surface area is 99.9 Å². The molecule has 0 heterocycles. The molecule has 0 aromatic carbocycles. The van der Waals surface area contributed by atoms with Crippen LogP contribution in [0.25, 0.3) is 0 Å². The first-order chi connectivity index (χ1) is 6.00. The summed E-state index contributed by atoms with van der Waals surface area (Å²) in [6.45, 7) is 0. The molecule has 0 N–H and O–H groups in total. The van der Waals surface area contributed by atoms with Crippen molar-refractivity contribution in [3.05, 3.63) is 0 Å². The van der Waals surface area contributed by atoms with Gasteiger partial charge in [-0.2, -0.15) is 0 Å². The van der Waals surface area contributed by atoms with Crippen LogP contribution in [0.3, 0.4) is 0 Å². The molecule has 4 heteroatoms. The van der Waals surface area contributed by atoms with Crippen molar-refractivity contribution in [2.45, 2.75) is 47.7 Å². The molecule has 2 unspecified atom stereocenters. The maximum Gasteiger partial charge on any atom is 0.193 e. The van der Waals surface area contributed by atoms with Gasteiger partial charge in [-0.25, -0.2) is 0 Å². The average Bonchev–Trinajstić information content (AvgIpc) is 1.94. The van der Waals surface area contributed by atoms with E-state index in [-0.39, 0.29) is 11.3 Å². The zero-order valence-corrected chi connectivity index (χ0v) is 10.4. The summed E-state index contributed by atoms with van der Waals surface area (Å²) in [4.78, 5) is 0. The van der Waals surface area contributed by atoms with Crippen molar-refractivity contribution in [2.24, 2.45) is 5.92 Å². The van der Waals surface area contributed by atoms with Gasteiger partial charge in [-0.3, -0.25) is 0 Å². The van der Waals surface area contributed by atoms with Gasteiger partial charge in [0, 0.05) is 11.3 Å². The zero-order valence-electron chi connectivity index (χ0n) is 7.41. The first kappa shape index (κ1) is 12.2. The van der Waals surface area contributed by atoms with Crippen LogP contribution in [0.15, 0.2) is 0 Å². The number of halogens is 4. The molecule has 78 valence electrons. The van der Waals surface area contributed by atoms with Gasteiger partial charge in [0.15, 0.2) is 3.79 Å². The van der Waals surface area contributed by atoms with E-state index >= 15 is 0 Å². The molecule has 0 amide bonds. The van der Waals surface area contributed by atoms with Crippen LogP contribution < -0.4 is 0 Å². The minimum absolute atomic E-state index is 0.180. The molecule has 0 spiro atoms.